The van der Waals surface area contributed by atoms with Gasteiger partial charge < -0.3 is 10.2 Å². The summed E-state index contributed by atoms with van der Waals surface area (Å²) in [6.45, 7) is 9.91. The van der Waals surface area contributed by atoms with Gasteiger partial charge in [-0.15, -0.1) is 12.4 Å². The van der Waals surface area contributed by atoms with Crippen molar-refractivity contribution in [3.63, 3.8) is 0 Å². The van der Waals surface area contributed by atoms with Crippen molar-refractivity contribution in [2.75, 3.05) is 13.6 Å². The lowest BCUT2D eigenvalue weighted by molar-refractivity contribution is -0.135. The highest BCUT2D eigenvalue weighted by Crippen LogP contribution is 2.23. The van der Waals surface area contributed by atoms with E-state index in [-0.39, 0.29) is 24.2 Å². The predicted molar refractivity (Wildman–Crippen MR) is 112 cm³/mol. The first-order valence-corrected chi connectivity index (χ1v) is 9.48. The lowest BCUT2D eigenvalue weighted by Gasteiger charge is -2.30. The largest absolute Gasteiger partial charge is 0.341 e. The van der Waals surface area contributed by atoms with E-state index in [4.69, 9.17) is 5.10 Å². The van der Waals surface area contributed by atoms with Gasteiger partial charge in [-0.3, -0.25) is 4.79 Å². The van der Waals surface area contributed by atoms with Gasteiger partial charge in [0.2, 0.25) is 5.91 Å². The Morgan fingerprint density at radius 3 is 2.67 bits per heavy atom. The summed E-state index contributed by atoms with van der Waals surface area (Å²) < 4.78 is 2.00. The van der Waals surface area contributed by atoms with Gasteiger partial charge >= 0.3 is 0 Å². The van der Waals surface area contributed by atoms with Crippen molar-refractivity contribution < 1.29 is 4.79 Å². The summed E-state index contributed by atoms with van der Waals surface area (Å²) in [5, 5.41) is 8.16. The zero-order valence-corrected chi connectivity index (χ0v) is 17.8. The molecule has 5 nitrogen and oxygen atoms in total. The number of benzene rings is 1. The molecule has 0 unspecified atom stereocenters. The second kappa shape index (κ2) is 8.89. The molecule has 2 heterocycles. The molecule has 1 saturated heterocycles. The molecule has 0 aliphatic carbocycles. The van der Waals surface area contributed by atoms with Crippen LogP contribution in [0.15, 0.2) is 24.3 Å². The first kappa shape index (κ1) is 21.5. The average molecular weight is 391 g/mol. The van der Waals surface area contributed by atoms with Gasteiger partial charge in [-0.05, 0) is 58.7 Å². The van der Waals surface area contributed by atoms with Crippen molar-refractivity contribution in [1.29, 1.82) is 0 Å². The van der Waals surface area contributed by atoms with E-state index in [1.807, 2.05) is 35.7 Å². The molecule has 1 fully saturated rings. The number of hydrogen-bond acceptors (Lipinski definition) is 3. The molecule has 148 valence electrons. The lowest BCUT2D eigenvalue weighted by Crippen LogP contribution is -2.42. The highest BCUT2D eigenvalue weighted by molar-refractivity contribution is 5.85. The second-order valence-electron chi connectivity index (χ2n) is 7.62. The van der Waals surface area contributed by atoms with E-state index >= 15 is 0 Å². The summed E-state index contributed by atoms with van der Waals surface area (Å²) in [6, 6.07) is 8.67. The number of para-hydroxylation sites is 1. The Bertz CT molecular complexity index is 801. The number of hydrogen-bond donors (Lipinski definition) is 1. The summed E-state index contributed by atoms with van der Waals surface area (Å²) in [4.78, 5) is 14.7. The van der Waals surface area contributed by atoms with Crippen molar-refractivity contribution in [3.05, 3.63) is 46.8 Å². The van der Waals surface area contributed by atoms with Gasteiger partial charge in [0.25, 0.3) is 0 Å². The Morgan fingerprint density at radius 1 is 1.30 bits per heavy atom. The van der Waals surface area contributed by atoms with Crippen LogP contribution in [-0.2, 0) is 11.3 Å². The minimum Gasteiger partial charge on any atom is -0.341 e. The van der Waals surface area contributed by atoms with E-state index in [1.165, 1.54) is 5.56 Å². The van der Waals surface area contributed by atoms with Crippen LogP contribution < -0.4 is 5.32 Å². The van der Waals surface area contributed by atoms with E-state index in [0.717, 1.165) is 42.0 Å². The highest BCUT2D eigenvalue weighted by atomic mass is 35.5. The van der Waals surface area contributed by atoms with Crippen LogP contribution in [0.25, 0.3) is 5.69 Å². The fourth-order valence-electron chi connectivity index (χ4n) is 3.92. The first-order valence-electron chi connectivity index (χ1n) is 9.48. The summed E-state index contributed by atoms with van der Waals surface area (Å²) in [7, 11) is 1.92. The number of nitrogens with one attached hydrogen (secondary N) is 1. The lowest BCUT2D eigenvalue weighted by atomic mass is 9.92. The third-order valence-electron chi connectivity index (χ3n) is 5.53. The van der Waals surface area contributed by atoms with Gasteiger partial charge in [0.1, 0.15) is 0 Å². The van der Waals surface area contributed by atoms with E-state index in [2.05, 4.69) is 38.2 Å². The third-order valence-corrected chi connectivity index (χ3v) is 5.53. The van der Waals surface area contributed by atoms with Crippen molar-refractivity contribution in [1.82, 2.24) is 20.0 Å². The topological polar surface area (TPSA) is 50.2 Å². The molecular formula is C21H31ClN4O. The molecule has 0 bridgehead atoms. The number of aromatic nitrogens is 2. The maximum Gasteiger partial charge on any atom is 0.225 e. The predicted octanol–water partition coefficient (Wildman–Crippen LogP) is 3.57. The number of carbonyl (C=O) groups is 1. The molecule has 1 aromatic carbocycles. The van der Waals surface area contributed by atoms with Crippen LogP contribution in [0.3, 0.4) is 0 Å². The third kappa shape index (κ3) is 4.53. The van der Waals surface area contributed by atoms with Crippen LogP contribution >= 0.6 is 12.4 Å². The molecule has 1 N–H and O–H groups in total. The molecule has 3 rings (SSSR count). The number of halogens is 1. The van der Waals surface area contributed by atoms with Crippen molar-refractivity contribution >= 4 is 18.3 Å². The normalized spacial score (nSPS) is 19.4. The van der Waals surface area contributed by atoms with Crippen LogP contribution in [0, 0.1) is 26.7 Å². The molecule has 0 saturated carbocycles. The minimum absolute atomic E-state index is 0. The maximum atomic E-state index is 12.9. The molecule has 2 aromatic rings. The summed E-state index contributed by atoms with van der Waals surface area (Å²) in [5.41, 5.74) is 5.53. The van der Waals surface area contributed by atoms with E-state index < -0.39 is 0 Å². The smallest absolute Gasteiger partial charge is 0.225 e. The van der Waals surface area contributed by atoms with E-state index in [1.54, 1.807) is 0 Å². The standard InChI is InChI=1S/C21H30N4O.ClH/c1-14-8-6-7-9-20(14)25-17(4)19(16(3)23-25)13-24(5)21(26)18-10-11-22-15(2)12-18;/h6-9,15,18,22H,10-13H2,1-5H3;1H/t15-,18-;/m0./s1. The fraction of sp³-hybridized carbons (Fsp3) is 0.524. The second-order valence-corrected chi connectivity index (χ2v) is 7.62. The van der Waals surface area contributed by atoms with Crippen LogP contribution in [0.1, 0.15) is 42.3 Å². The zero-order chi connectivity index (χ0) is 18.8. The molecule has 6 heteroatoms. The molecule has 0 spiro atoms. The molecule has 1 aliphatic rings. The number of rotatable bonds is 4. The van der Waals surface area contributed by atoms with Crippen LogP contribution in [0.2, 0.25) is 0 Å². The van der Waals surface area contributed by atoms with Gasteiger partial charge in [0.15, 0.2) is 0 Å². The van der Waals surface area contributed by atoms with Gasteiger partial charge in [0, 0.05) is 36.8 Å². The Hall–Kier alpha value is -1.85. The monoisotopic (exact) mass is 390 g/mol. The Kier molecular flexibility index (Phi) is 7.06. The molecule has 1 aromatic heterocycles. The van der Waals surface area contributed by atoms with Gasteiger partial charge in [-0.2, -0.15) is 5.10 Å². The van der Waals surface area contributed by atoms with Crippen molar-refractivity contribution in [2.24, 2.45) is 5.92 Å². The Balaban J connectivity index is 0.00000261. The van der Waals surface area contributed by atoms with Crippen molar-refractivity contribution in [3.8, 4) is 5.69 Å². The number of aryl methyl sites for hydroxylation is 2. The summed E-state index contributed by atoms with van der Waals surface area (Å²) >= 11 is 0. The number of amides is 1. The molecule has 1 aliphatic heterocycles. The van der Waals surface area contributed by atoms with Crippen molar-refractivity contribution in [2.45, 2.75) is 53.1 Å². The summed E-state index contributed by atoms with van der Waals surface area (Å²) in [5.74, 6) is 0.379. The quantitative estimate of drug-likeness (QED) is 0.868. The summed E-state index contributed by atoms with van der Waals surface area (Å²) in [6.07, 6.45) is 1.84. The zero-order valence-electron chi connectivity index (χ0n) is 17.0. The van der Waals surface area contributed by atoms with Crippen LogP contribution in [0.5, 0.6) is 0 Å². The van der Waals surface area contributed by atoms with E-state index in [9.17, 15) is 4.79 Å². The van der Waals surface area contributed by atoms with Gasteiger partial charge in [-0.1, -0.05) is 18.2 Å². The fourth-order valence-corrected chi connectivity index (χ4v) is 3.92. The molecule has 27 heavy (non-hydrogen) atoms. The SMILES string of the molecule is Cc1ccccc1-n1nc(C)c(CN(C)C(=O)[C@H]2CCN[C@@H](C)C2)c1C.Cl. The number of nitrogens with zero attached hydrogens (tertiary/aromatic N) is 3. The number of piperidine rings is 1. The average Bonchev–Trinajstić information content (AvgIpc) is 2.89. The molecular weight excluding hydrogens is 360 g/mol. The van der Waals surface area contributed by atoms with E-state index in [0.29, 0.717) is 12.6 Å². The minimum atomic E-state index is 0. The van der Waals surface area contributed by atoms with Crippen LogP contribution in [-0.4, -0.2) is 40.2 Å². The Morgan fingerprint density at radius 2 is 2.00 bits per heavy atom. The Labute approximate surface area is 168 Å². The number of carbonyl (C=O) groups excluding carboxylic acids is 1. The first-order chi connectivity index (χ1) is 12.4. The molecule has 2 atom stereocenters. The van der Waals surface area contributed by atoms with Gasteiger partial charge in [-0.25, -0.2) is 4.68 Å². The molecule has 1 amide bonds. The van der Waals surface area contributed by atoms with Gasteiger partial charge in [0.05, 0.1) is 11.4 Å². The molecule has 0 radical (unpaired) electrons. The van der Waals surface area contributed by atoms with Crippen LogP contribution in [0.4, 0.5) is 0 Å². The highest BCUT2D eigenvalue weighted by Gasteiger charge is 2.28. The maximum absolute atomic E-state index is 12.9.